The third-order valence-electron chi connectivity index (χ3n) is 3.10. The van der Waals surface area contributed by atoms with E-state index in [0.717, 1.165) is 25.1 Å². The van der Waals surface area contributed by atoms with Crippen LogP contribution in [0.15, 0.2) is 24.3 Å². The number of amides is 1. The van der Waals surface area contributed by atoms with E-state index in [-0.39, 0.29) is 11.8 Å². The van der Waals surface area contributed by atoms with Gasteiger partial charge in [-0.1, -0.05) is 13.0 Å². The SMILES string of the molecule is CCC1CCN(c2cccc(C#N)c2)NC1=O. The molecule has 0 spiro atoms. The summed E-state index contributed by atoms with van der Waals surface area (Å²) in [6.07, 6.45) is 1.73. The van der Waals surface area contributed by atoms with Crippen molar-refractivity contribution in [1.82, 2.24) is 5.43 Å². The fourth-order valence-electron chi connectivity index (χ4n) is 2.02. The van der Waals surface area contributed by atoms with Gasteiger partial charge in [-0.3, -0.25) is 15.2 Å². The largest absolute Gasteiger partial charge is 0.286 e. The molecule has 17 heavy (non-hydrogen) atoms. The maximum Gasteiger partial charge on any atom is 0.241 e. The third kappa shape index (κ3) is 2.39. The number of anilines is 1. The number of carbonyl (C=O) groups excluding carboxylic acids is 1. The van der Waals surface area contributed by atoms with Crippen molar-refractivity contribution in [3.05, 3.63) is 29.8 Å². The summed E-state index contributed by atoms with van der Waals surface area (Å²) in [6, 6.07) is 9.36. The fraction of sp³-hybridized carbons (Fsp3) is 0.385. The molecule has 1 unspecified atom stereocenters. The second-order valence-corrected chi connectivity index (χ2v) is 4.18. The minimum atomic E-state index is 0.0705. The standard InChI is InChI=1S/C13H15N3O/c1-2-11-6-7-16(15-13(11)17)12-5-3-4-10(8-12)9-14/h3-5,8,11H,2,6-7H2,1H3,(H,15,17). The monoisotopic (exact) mass is 229 g/mol. The van der Waals surface area contributed by atoms with Gasteiger partial charge < -0.3 is 0 Å². The number of nitrogens with zero attached hydrogens (tertiary/aromatic N) is 2. The van der Waals surface area contributed by atoms with Crippen LogP contribution in [0.25, 0.3) is 0 Å². The summed E-state index contributed by atoms with van der Waals surface area (Å²) in [7, 11) is 0. The molecule has 0 radical (unpaired) electrons. The Bertz CT molecular complexity index is 464. The Balaban J connectivity index is 2.14. The van der Waals surface area contributed by atoms with Gasteiger partial charge in [-0.15, -0.1) is 0 Å². The van der Waals surface area contributed by atoms with Crippen LogP contribution >= 0.6 is 0 Å². The van der Waals surface area contributed by atoms with Crippen molar-refractivity contribution >= 4 is 11.6 Å². The molecule has 1 aliphatic heterocycles. The minimum absolute atomic E-state index is 0.0705. The first-order valence-corrected chi connectivity index (χ1v) is 5.82. The smallest absolute Gasteiger partial charge is 0.241 e. The fourth-order valence-corrected chi connectivity index (χ4v) is 2.02. The summed E-state index contributed by atoms with van der Waals surface area (Å²) >= 11 is 0. The molecule has 0 saturated carbocycles. The van der Waals surface area contributed by atoms with Crippen molar-refractivity contribution < 1.29 is 4.79 Å². The molecular formula is C13H15N3O. The summed E-state index contributed by atoms with van der Waals surface area (Å²) in [5, 5.41) is 10.7. The summed E-state index contributed by atoms with van der Waals surface area (Å²) in [4.78, 5) is 11.7. The highest BCUT2D eigenvalue weighted by atomic mass is 16.2. The molecule has 1 aromatic rings. The van der Waals surface area contributed by atoms with Crippen LogP contribution in [0.5, 0.6) is 0 Å². The summed E-state index contributed by atoms with van der Waals surface area (Å²) in [5.74, 6) is 0.187. The van der Waals surface area contributed by atoms with Gasteiger partial charge in [0.1, 0.15) is 0 Å². The van der Waals surface area contributed by atoms with Gasteiger partial charge in [0.15, 0.2) is 0 Å². The molecule has 1 N–H and O–H groups in total. The highest BCUT2D eigenvalue weighted by molar-refractivity contribution is 5.81. The Morgan fingerprint density at radius 3 is 3.06 bits per heavy atom. The Hall–Kier alpha value is -2.02. The molecule has 1 aliphatic rings. The van der Waals surface area contributed by atoms with Crippen LogP contribution in [0.1, 0.15) is 25.3 Å². The van der Waals surface area contributed by atoms with E-state index in [1.165, 1.54) is 0 Å². The number of hydrazine groups is 1. The minimum Gasteiger partial charge on any atom is -0.286 e. The first kappa shape index (κ1) is 11.5. The van der Waals surface area contributed by atoms with Gasteiger partial charge in [-0.05, 0) is 31.0 Å². The van der Waals surface area contributed by atoms with E-state index in [0.29, 0.717) is 5.56 Å². The molecular weight excluding hydrogens is 214 g/mol. The topological polar surface area (TPSA) is 56.1 Å². The molecule has 4 heteroatoms. The highest BCUT2D eigenvalue weighted by Crippen LogP contribution is 2.20. The summed E-state index contributed by atoms with van der Waals surface area (Å²) in [5.41, 5.74) is 4.34. The van der Waals surface area contributed by atoms with Crippen molar-refractivity contribution in [1.29, 1.82) is 5.26 Å². The first-order valence-electron chi connectivity index (χ1n) is 5.82. The zero-order valence-electron chi connectivity index (χ0n) is 9.81. The van der Waals surface area contributed by atoms with Crippen molar-refractivity contribution in [3.8, 4) is 6.07 Å². The van der Waals surface area contributed by atoms with Gasteiger partial charge in [-0.2, -0.15) is 5.26 Å². The van der Waals surface area contributed by atoms with Gasteiger partial charge in [0, 0.05) is 12.5 Å². The molecule has 1 fully saturated rings. The lowest BCUT2D eigenvalue weighted by Crippen LogP contribution is -2.51. The van der Waals surface area contributed by atoms with Crippen LogP contribution < -0.4 is 10.4 Å². The molecule has 1 atom stereocenters. The van der Waals surface area contributed by atoms with Gasteiger partial charge in [-0.25, -0.2) is 0 Å². The zero-order valence-corrected chi connectivity index (χ0v) is 9.81. The second kappa shape index (κ2) is 4.88. The van der Waals surface area contributed by atoms with Crippen LogP contribution in [0.3, 0.4) is 0 Å². The normalized spacial score (nSPS) is 19.6. The van der Waals surface area contributed by atoms with Gasteiger partial charge in [0.25, 0.3) is 0 Å². The number of hydrogen-bond donors (Lipinski definition) is 1. The molecule has 1 saturated heterocycles. The van der Waals surface area contributed by atoms with Crippen LogP contribution in [0, 0.1) is 17.2 Å². The summed E-state index contributed by atoms with van der Waals surface area (Å²) in [6.45, 7) is 2.81. The predicted molar refractivity (Wildman–Crippen MR) is 65.0 cm³/mol. The van der Waals surface area contributed by atoms with Crippen LogP contribution in [0.2, 0.25) is 0 Å². The number of nitrogens with one attached hydrogen (secondary N) is 1. The Morgan fingerprint density at radius 2 is 2.41 bits per heavy atom. The van der Waals surface area contributed by atoms with E-state index >= 15 is 0 Å². The Morgan fingerprint density at radius 1 is 1.59 bits per heavy atom. The summed E-state index contributed by atoms with van der Waals surface area (Å²) < 4.78 is 0. The molecule has 2 rings (SSSR count). The van der Waals surface area contributed by atoms with Crippen molar-refractivity contribution in [2.24, 2.45) is 5.92 Å². The number of benzene rings is 1. The number of rotatable bonds is 2. The Labute approximate surface area is 101 Å². The van der Waals surface area contributed by atoms with Crippen LogP contribution in [0.4, 0.5) is 5.69 Å². The predicted octanol–water partition coefficient (Wildman–Crippen LogP) is 1.83. The van der Waals surface area contributed by atoms with Crippen molar-refractivity contribution in [2.45, 2.75) is 19.8 Å². The number of hydrogen-bond acceptors (Lipinski definition) is 3. The molecule has 1 amide bonds. The molecule has 1 heterocycles. The van der Waals surface area contributed by atoms with Crippen LogP contribution in [-0.4, -0.2) is 12.5 Å². The molecule has 0 bridgehead atoms. The van der Waals surface area contributed by atoms with E-state index in [4.69, 9.17) is 5.26 Å². The van der Waals surface area contributed by atoms with Crippen LogP contribution in [-0.2, 0) is 4.79 Å². The molecule has 0 aliphatic carbocycles. The van der Waals surface area contributed by atoms with Gasteiger partial charge in [0.2, 0.25) is 5.91 Å². The Kier molecular flexibility index (Phi) is 3.29. The maximum absolute atomic E-state index is 11.7. The third-order valence-corrected chi connectivity index (χ3v) is 3.10. The average molecular weight is 229 g/mol. The quantitative estimate of drug-likeness (QED) is 0.841. The van der Waals surface area contributed by atoms with Gasteiger partial charge >= 0.3 is 0 Å². The number of nitriles is 1. The molecule has 0 aromatic heterocycles. The van der Waals surface area contributed by atoms with E-state index in [1.807, 2.05) is 24.1 Å². The molecule has 1 aromatic carbocycles. The van der Waals surface area contributed by atoms with Crippen molar-refractivity contribution in [2.75, 3.05) is 11.6 Å². The molecule has 88 valence electrons. The second-order valence-electron chi connectivity index (χ2n) is 4.18. The maximum atomic E-state index is 11.7. The van der Waals surface area contributed by atoms with Crippen molar-refractivity contribution in [3.63, 3.8) is 0 Å². The lowest BCUT2D eigenvalue weighted by atomic mass is 10.00. The lowest BCUT2D eigenvalue weighted by Gasteiger charge is -2.33. The van der Waals surface area contributed by atoms with E-state index in [9.17, 15) is 4.79 Å². The molecule has 4 nitrogen and oxygen atoms in total. The van der Waals surface area contributed by atoms with E-state index in [1.54, 1.807) is 12.1 Å². The number of carbonyl (C=O) groups is 1. The van der Waals surface area contributed by atoms with E-state index in [2.05, 4.69) is 11.5 Å². The zero-order chi connectivity index (χ0) is 12.3. The highest BCUT2D eigenvalue weighted by Gasteiger charge is 2.25. The average Bonchev–Trinajstić information content (AvgIpc) is 2.38. The lowest BCUT2D eigenvalue weighted by molar-refractivity contribution is -0.126. The van der Waals surface area contributed by atoms with E-state index < -0.39 is 0 Å². The van der Waals surface area contributed by atoms with Gasteiger partial charge in [0.05, 0.1) is 17.3 Å². The first-order chi connectivity index (χ1) is 8.24.